The molecule has 0 amide bonds. The lowest BCUT2D eigenvalue weighted by Crippen LogP contribution is -2.41. The Hall–Kier alpha value is -2.04. The molecule has 2 aromatic rings. The van der Waals surface area contributed by atoms with Crippen molar-refractivity contribution in [3.63, 3.8) is 0 Å². The van der Waals surface area contributed by atoms with Gasteiger partial charge in [-0.05, 0) is 69.2 Å². The predicted octanol–water partition coefficient (Wildman–Crippen LogP) is 4.39. The molecule has 28 heavy (non-hydrogen) atoms. The lowest BCUT2D eigenvalue weighted by atomic mass is 9.75. The molecule has 152 valence electrons. The molecule has 1 saturated heterocycles. The topological polar surface area (TPSA) is 52.9 Å². The van der Waals surface area contributed by atoms with Gasteiger partial charge in [0, 0.05) is 18.7 Å². The Bertz CT molecular complexity index is 724. The van der Waals surface area contributed by atoms with Crippen LogP contribution in [-0.2, 0) is 13.0 Å². The van der Waals surface area contributed by atoms with Gasteiger partial charge in [0.25, 0.3) is 0 Å². The SMILES string of the molecule is CCOc1cccc(CN2CCC(CO)(CCCc3ccccc3)CC2)c1O. The Balaban J connectivity index is 1.51. The number of aliphatic hydroxyl groups excluding tert-OH is 1. The molecule has 1 aliphatic heterocycles. The summed E-state index contributed by atoms with van der Waals surface area (Å²) in [5, 5.41) is 20.5. The lowest BCUT2D eigenvalue weighted by molar-refractivity contribution is 0.0327. The fourth-order valence-electron chi connectivity index (χ4n) is 4.19. The zero-order chi connectivity index (χ0) is 19.8. The Labute approximate surface area is 168 Å². The number of nitrogens with zero attached hydrogens (tertiary/aromatic N) is 1. The predicted molar refractivity (Wildman–Crippen MR) is 113 cm³/mol. The first-order chi connectivity index (χ1) is 13.7. The maximum Gasteiger partial charge on any atom is 0.162 e. The zero-order valence-electron chi connectivity index (χ0n) is 16.9. The molecule has 1 heterocycles. The van der Waals surface area contributed by atoms with Crippen LogP contribution in [0.1, 0.15) is 43.7 Å². The van der Waals surface area contributed by atoms with Crippen molar-refractivity contribution in [2.45, 2.75) is 45.6 Å². The van der Waals surface area contributed by atoms with Crippen molar-refractivity contribution < 1.29 is 14.9 Å². The molecule has 0 radical (unpaired) electrons. The van der Waals surface area contributed by atoms with Gasteiger partial charge in [-0.2, -0.15) is 0 Å². The average molecular weight is 384 g/mol. The quantitative estimate of drug-likeness (QED) is 0.674. The second kappa shape index (κ2) is 9.94. The minimum absolute atomic E-state index is 0.0422. The summed E-state index contributed by atoms with van der Waals surface area (Å²) in [6.45, 7) is 5.35. The van der Waals surface area contributed by atoms with Gasteiger partial charge in [0.15, 0.2) is 11.5 Å². The number of piperidine rings is 1. The van der Waals surface area contributed by atoms with Gasteiger partial charge < -0.3 is 14.9 Å². The van der Waals surface area contributed by atoms with Crippen LogP contribution < -0.4 is 4.74 Å². The molecule has 4 nitrogen and oxygen atoms in total. The van der Waals surface area contributed by atoms with E-state index >= 15 is 0 Å². The number of aryl methyl sites for hydroxylation is 1. The van der Waals surface area contributed by atoms with Crippen LogP contribution in [0.15, 0.2) is 48.5 Å². The lowest BCUT2D eigenvalue weighted by Gasteiger charge is -2.41. The molecule has 1 aliphatic rings. The minimum atomic E-state index is 0.0422. The van der Waals surface area contributed by atoms with Crippen molar-refractivity contribution >= 4 is 0 Å². The van der Waals surface area contributed by atoms with E-state index in [1.807, 2.05) is 25.1 Å². The number of aliphatic hydroxyl groups is 1. The van der Waals surface area contributed by atoms with E-state index in [1.165, 1.54) is 5.56 Å². The van der Waals surface area contributed by atoms with Gasteiger partial charge in [-0.1, -0.05) is 42.5 Å². The van der Waals surface area contributed by atoms with E-state index in [2.05, 4.69) is 35.2 Å². The smallest absolute Gasteiger partial charge is 0.162 e. The Kier molecular flexibility index (Phi) is 7.35. The number of ether oxygens (including phenoxy) is 1. The maximum atomic E-state index is 10.4. The fourth-order valence-corrected chi connectivity index (χ4v) is 4.19. The van der Waals surface area contributed by atoms with E-state index in [0.717, 1.165) is 57.3 Å². The number of likely N-dealkylation sites (tertiary alicyclic amines) is 1. The second-order valence-corrected chi connectivity index (χ2v) is 7.97. The maximum absolute atomic E-state index is 10.4. The normalized spacial score (nSPS) is 16.8. The molecule has 2 N–H and O–H groups in total. The van der Waals surface area contributed by atoms with Gasteiger partial charge in [-0.3, -0.25) is 4.90 Å². The average Bonchev–Trinajstić information content (AvgIpc) is 2.73. The summed E-state index contributed by atoms with van der Waals surface area (Å²) in [5.41, 5.74) is 2.32. The summed E-state index contributed by atoms with van der Waals surface area (Å²) in [6, 6.07) is 16.3. The molecule has 0 aromatic heterocycles. The highest BCUT2D eigenvalue weighted by atomic mass is 16.5. The van der Waals surface area contributed by atoms with Crippen LogP contribution in [0.4, 0.5) is 0 Å². The van der Waals surface area contributed by atoms with Crippen LogP contribution in [0.3, 0.4) is 0 Å². The van der Waals surface area contributed by atoms with Gasteiger partial charge in [0.1, 0.15) is 0 Å². The van der Waals surface area contributed by atoms with Crippen molar-refractivity contribution in [2.24, 2.45) is 5.41 Å². The van der Waals surface area contributed by atoms with Crippen LogP contribution in [0, 0.1) is 5.41 Å². The molecule has 0 atom stereocenters. The van der Waals surface area contributed by atoms with Gasteiger partial charge in [-0.15, -0.1) is 0 Å². The van der Waals surface area contributed by atoms with E-state index in [1.54, 1.807) is 0 Å². The minimum Gasteiger partial charge on any atom is -0.504 e. The number of phenolic OH excluding ortho intramolecular Hbond substituents is 1. The summed E-state index contributed by atoms with van der Waals surface area (Å²) >= 11 is 0. The molecule has 0 unspecified atom stereocenters. The molecule has 4 heteroatoms. The van der Waals surface area contributed by atoms with Crippen molar-refractivity contribution in [3.8, 4) is 11.5 Å². The first kappa shape index (κ1) is 20.7. The summed E-state index contributed by atoms with van der Waals surface area (Å²) in [4.78, 5) is 2.37. The van der Waals surface area contributed by atoms with Gasteiger partial charge in [0.2, 0.25) is 0 Å². The van der Waals surface area contributed by atoms with E-state index in [9.17, 15) is 10.2 Å². The molecule has 3 rings (SSSR count). The molecule has 0 bridgehead atoms. The third-order valence-electron chi connectivity index (χ3n) is 6.04. The Morgan fingerprint density at radius 2 is 1.79 bits per heavy atom. The molecule has 2 aromatic carbocycles. The van der Waals surface area contributed by atoms with Gasteiger partial charge >= 0.3 is 0 Å². The summed E-state index contributed by atoms with van der Waals surface area (Å²) in [6.07, 6.45) is 5.26. The Morgan fingerprint density at radius 1 is 1.04 bits per heavy atom. The monoisotopic (exact) mass is 383 g/mol. The number of rotatable bonds is 9. The highest BCUT2D eigenvalue weighted by Crippen LogP contribution is 2.37. The molecule has 0 spiro atoms. The van der Waals surface area contributed by atoms with Gasteiger partial charge in [0.05, 0.1) is 6.61 Å². The van der Waals surface area contributed by atoms with E-state index in [0.29, 0.717) is 12.4 Å². The Morgan fingerprint density at radius 3 is 2.46 bits per heavy atom. The summed E-state index contributed by atoms with van der Waals surface area (Å²) in [7, 11) is 0. The number of hydrogen-bond acceptors (Lipinski definition) is 4. The number of phenols is 1. The number of benzene rings is 2. The second-order valence-electron chi connectivity index (χ2n) is 7.97. The highest BCUT2D eigenvalue weighted by Gasteiger charge is 2.33. The molecule has 0 aliphatic carbocycles. The van der Waals surface area contributed by atoms with Crippen molar-refractivity contribution in [1.82, 2.24) is 4.90 Å². The van der Waals surface area contributed by atoms with Crippen molar-refractivity contribution in [2.75, 3.05) is 26.3 Å². The molecular formula is C24H33NO3. The summed E-state index contributed by atoms with van der Waals surface area (Å²) in [5.74, 6) is 0.814. The van der Waals surface area contributed by atoms with Gasteiger partial charge in [-0.25, -0.2) is 0 Å². The van der Waals surface area contributed by atoms with Crippen LogP contribution >= 0.6 is 0 Å². The largest absolute Gasteiger partial charge is 0.504 e. The van der Waals surface area contributed by atoms with E-state index < -0.39 is 0 Å². The van der Waals surface area contributed by atoms with Crippen molar-refractivity contribution in [3.05, 3.63) is 59.7 Å². The standard InChI is InChI=1S/C24H33NO3/c1-2-28-22-12-6-11-21(23(22)27)18-25-16-14-24(19-26,15-17-25)13-7-10-20-8-4-3-5-9-20/h3-6,8-9,11-12,26-27H,2,7,10,13-19H2,1H3. The van der Waals surface area contributed by atoms with Crippen LogP contribution in [0.5, 0.6) is 11.5 Å². The first-order valence-corrected chi connectivity index (χ1v) is 10.5. The highest BCUT2D eigenvalue weighted by molar-refractivity contribution is 5.45. The number of para-hydroxylation sites is 1. The van der Waals surface area contributed by atoms with Crippen LogP contribution in [-0.4, -0.2) is 41.4 Å². The third kappa shape index (κ3) is 5.27. The zero-order valence-corrected chi connectivity index (χ0v) is 16.9. The number of aromatic hydroxyl groups is 1. The van der Waals surface area contributed by atoms with E-state index in [4.69, 9.17) is 4.74 Å². The molecule has 1 fully saturated rings. The fraction of sp³-hybridized carbons (Fsp3) is 0.500. The molecule has 0 saturated carbocycles. The third-order valence-corrected chi connectivity index (χ3v) is 6.04. The van der Waals surface area contributed by atoms with Crippen LogP contribution in [0.25, 0.3) is 0 Å². The summed E-state index contributed by atoms with van der Waals surface area (Å²) < 4.78 is 5.50. The van der Waals surface area contributed by atoms with Crippen LogP contribution in [0.2, 0.25) is 0 Å². The first-order valence-electron chi connectivity index (χ1n) is 10.5. The van der Waals surface area contributed by atoms with Crippen molar-refractivity contribution in [1.29, 1.82) is 0 Å². The molecular weight excluding hydrogens is 350 g/mol. The van der Waals surface area contributed by atoms with E-state index in [-0.39, 0.29) is 17.8 Å². The number of hydrogen-bond donors (Lipinski definition) is 2.